The normalized spacial score (nSPS) is 11.0. The summed E-state index contributed by atoms with van der Waals surface area (Å²) in [5, 5.41) is 15.8. The van der Waals surface area contributed by atoms with Crippen LogP contribution in [-0.4, -0.2) is 30.9 Å². The Balaban J connectivity index is 1.80. The molecule has 2 N–H and O–H groups in total. The van der Waals surface area contributed by atoms with E-state index in [1.807, 2.05) is 31.2 Å². The van der Waals surface area contributed by atoms with E-state index in [1.165, 1.54) is 6.21 Å². The highest BCUT2D eigenvalue weighted by atomic mass is 79.9. The lowest BCUT2D eigenvalue weighted by molar-refractivity contribution is 0.0952. The van der Waals surface area contributed by atoms with Gasteiger partial charge >= 0.3 is 0 Å². The van der Waals surface area contributed by atoms with Gasteiger partial charge in [0.2, 0.25) is 0 Å². The van der Waals surface area contributed by atoms with E-state index in [2.05, 4.69) is 26.5 Å². The molecule has 0 bridgehead atoms. The number of carbonyl (C=O) groups excluding carboxylic acids is 1. The Labute approximate surface area is 170 Å². The third-order valence-electron chi connectivity index (χ3n) is 4.06. The molecule has 0 aliphatic carbocycles. The summed E-state index contributed by atoms with van der Waals surface area (Å²) in [5.41, 5.74) is 3.29. The third-order valence-corrected chi connectivity index (χ3v) is 4.75. The van der Waals surface area contributed by atoms with Gasteiger partial charge in [0.25, 0.3) is 5.91 Å². The zero-order chi connectivity index (χ0) is 20.1. The van der Waals surface area contributed by atoms with E-state index in [-0.39, 0.29) is 11.3 Å². The van der Waals surface area contributed by atoms with Crippen LogP contribution in [0, 0.1) is 0 Å². The van der Waals surface area contributed by atoms with E-state index in [0.717, 1.165) is 15.2 Å². The van der Waals surface area contributed by atoms with Crippen LogP contribution in [0.25, 0.3) is 10.8 Å². The molecule has 0 heterocycles. The maximum Gasteiger partial charge on any atom is 0.275 e. The molecule has 0 radical (unpaired) electrons. The lowest BCUT2D eigenvalue weighted by Crippen LogP contribution is -2.17. The van der Waals surface area contributed by atoms with Crippen LogP contribution in [0.1, 0.15) is 22.8 Å². The first-order valence-electron chi connectivity index (χ1n) is 8.59. The standard InChI is InChI=1S/C21H19BrN2O4/c1-3-28-20-10-15(17(22)11-19(20)27-2)12-23-24-21(26)16-8-13-6-4-5-7-14(13)9-18(16)25/h4-12,25H,3H2,1-2H3,(H,24,26). The number of hydrogen-bond acceptors (Lipinski definition) is 5. The summed E-state index contributed by atoms with van der Waals surface area (Å²) in [6.07, 6.45) is 1.49. The lowest BCUT2D eigenvalue weighted by Gasteiger charge is -2.11. The van der Waals surface area contributed by atoms with Gasteiger partial charge in [-0.05, 0) is 57.9 Å². The number of nitrogens with one attached hydrogen (secondary N) is 1. The van der Waals surface area contributed by atoms with Crippen LogP contribution in [0.4, 0.5) is 0 Å². The number of phenolic OH excluding ortho intramolecular Hbond substituents is 1. The Hall–Kier alpha value is -3.06. The Morgan fingerprint density at radius 3 is 2.57 bits per heavy atom. The first-order valence-corrected chi connectivity index (χ1v) is 9.38. The summed E-state index contributed by atoms with van der Waals surface area (Å²) in [6.45, 7) is 2.37. The molecule has 3 aromatic carbocycles. The fraction of sp³-hybridized carbons (Fsp3) is 0.143. The third kappa shape index (κ3) is 4.26. The summed E-state index contributed by atoms with van der Waals surface area (Å²) in [5.74, 6) is 0.564. The maximum atomic E-state index is 12.4. The fourth-order valence-electron chi connectivity index (χ4n) is 2.71. The van der Waals surface area contributed by atoms with Crippen molar-refractivity contribution in [2.45, 2.75) is 6.92 Å². The Kier molecular flexibility index (Phi) is 6.16. The van der Waals surface area contributed by atoms with Gasteiger partial charge in [-0.3, -0.25) is 4.79 Å². The zero-order valence-electron chi connectivity index (χ0n) is 15.4. The molecular formula is C21H19BrN2O4. The van der Waals surface area contributed by atoms with Crippen molar-refractivity contribution in [3.8, 4) is 17.2 Å². The number of amides is 1. The van der Waals surface area contributed by atoms with Crippen molar-refractivity contribution in [3.05, 3.63) is 64.1 Å². The van der Waals surface area contributed by atoms with E-state index in [9.17, 15) is 9.90 Å². The van der Waals surface area contributed by atoms with Gasteiger partial charge in [0, 0.05) is 10.0 Å². The molecule has 6 nitrogen and oxygen atoms in total. The van der Waals surface area contributed by atoms with Gasteiger partial charge < -0.3 is 14.6 Å². The lowest BCUT2D eigenvalue weighted by atomic mass is 10.1. The Morgan fingerprint density at radius 1 is 1.18 bits per heavy atom. The second-order valence-electron chi connectivity index (χ2n) is 5.87. The van der Waals surface area contributed by atoms with Crippen LogP contribution in [0.2, 0.25) is 0 Å². The highest BCUT2D eigenvalue weighted by molar-refractivity contribution is 9.10. The predicted molar refractivity (Wildman–Crippen MR) is 113 cm³/mol. The van der Waals surface area contributed by atoms with Crippen LogP contribution in [-0.2, 0) is 0 Å². The molecule has 0 spiro atoms. The molecular weight excluding hydrogens is 424 g/mol. The number of benzene rings is 3. The molecule has 0 saturated carbocycles. The van der Waals surface area contributed by atoms with Crippen molar-refractivity contribution in [2.24, 2.45) is 5.10 Å². The highest BCUT2D eigenvalue weighted by Crippen LogP contribution is 2.33. The summed E-state index contributed by atoms with van der Waals surface area (Å²) in [7, 11) is 1.56. The van der Waals surface area contributed by atoms with E-state index < -0.39 is 5.91 Å². The minimum absolute atomic E-state index is 0.101. The average molecular weight is 443 g/mol. The summed E-state index contributed by atoms with van der Waals surface area (Å²) < 4.78 is 11.6. The molecule has 0 aliphatic rings. The van der Waals surface area contributed by atoms with Gasteiger partial charge in [0.1, 0.15) is 5.75 Å². The molecule has 0 atom stereocenters. The fourth-order valence-corrected chi connectivity index (χ4v) is 3.13. The van der Waals surface area contributed by atoms with Gasteiger partial charge in [-0.2, -0.15) is 5.10 Å². The van der Waals surface area contributed by atoms with Crippen molar-refractivity contribution in [3.63, 3.8) is 0 Å². The number of methoxy groups -OCH3 is 1. The Morgan fingerprint density at radius 2 is 1.89 bits per heavy atom. The monoisotopic (exact) mass is 442 g/mol. The van der Waals surface area contributed by atoms with Gasteiger partial charge in [-0.15, -0.1) is 0 Å². The number of phenols is 1. The first-order chi connectivity index (χ1) is 13.5. The van der Waals surface area contributed by atoms with Crippen molar-refractivity contribution >= 4 is 38.8 Å². The van der Waals surface area contributed by atoms with E-state index in [1.54, 1.807) is 31.4 Å². The number of aromatic hydroxyl groups is 1. The second kappa shape index (κ2) is 8.75. The van der Waals surface area contributed by atoms with Crippen LogP contribution in [0.5, 0.6) is 17.2 Å². The summed E-state index contributed by atoms with van der Waals surface area (Å²) in [6, 6.07) is 14.2. The SMILES string of the molecule is CCOc1cc(C=NNC(=O)c2cc3ccccc3cc2O)c(Br)cc1OC. The smallest absolute Gasteiger partial charge is 0.275 e. The maximum absolute atomic E-state index is 12.4. The van der Waals surface area contributed by atoms with Gasteiger partial charge in [-0.1, -0.05) is 24.3 Å². The van der Waals surface area contributed by atoms with Crippen molar-refractivity contribution < 1.29 is 19.4 Å². The molecule has 0 saturated heterocycles. The van der Waals surface area contributed by atoms with Crippen molar-refractivity contribution in [2.75, 3.05) is 13.7 Å². The zero-order valence-corrected chi connectivity index (χ0v) is 17.0. The Bertz CT molecular complexity index is 1050. The topological polar surface area (TPSA) is 80.2 Å². The second-order valence-corrected chi connectivity index (χ2v) is 6.73. The molecule has 3 aromatic rings. The van der Waals surface area contributed by atoms with Crippen LogP contribution in [0.15, 0.2) is 58.1 Å². The van der Waals surface area contributed by atoms with Crippen LogP contribution in [0.3, 0.4) is 0 Å². The number of hydrazone groups is 1. The molecule has 7 heteroatoms. The molecule has 0 fully saturated rings. The molecule has 28 heavy (non-hydrogen) atoms. The minimum atomic E-state index is -0.505. The van der Waals surface area contributed by atoms with E-state index in [4.69, 9.17) is 9.47 Å². The van der Waals surface area contributed by atoms with Crippen LogP contribution >= 0.6 is 15.9 Å². The van der Waals surface area contributed by atoms with Crippen molar-refractivity contribution in [1.29, 1.82) is 0 Å². The number of hydrogen-bond donors (Lipinski definition) is 2. The summed E-state index contributed by atoms with van der Waals surface area (Å²) in [4.78, 5) is 12.4. The first kappa shape index (κ1) is 19.7. The number of ether oxygens (including phenoxy) is 2. The molecule has 0 aromatic heterocycles. The quantitative estimate of drug-likeness (QED) is 0.435. The van der Waals surface area contributed by atoms with E-state index in [0.29, 0.717) is 23.7 Å². The number of nitrogens with zero attached hydrogens (tertiary/aromatic N) is 1. The van der Waals surface area contributed by atoms with Gasteiger partial charge in [0.05, 0.1) is 25.5 Å². The molecule has 3 rings (SSSR count). The number of rotatable bonds is 6. The van der Waals surface area contributed by atoms with Gasteiger partial charge in [0.15, 0.2) is 11.5 Å². The number of fused-ring (bicyclic) bond motifs is 1. The van der Waals surface area contributed by atoms with Crippen molar-refractivity contribution in [1.82, 2.24) is 5.43 Å². The van der Waals surface area contributed by atoms with E-state index >= 15 is 0 Å². The molecule has 0 aliphatic heterocycles. The molecule has 1 amide bonds. The largest absolute Gasteiger partial charge is 0.507 e. The molecule has 0 unspecified atom stereocenters. The number of carbonyl (C=O) groups is 1. The average Bonchev–Trinajstić information content (AvgIpc) is 2.69. The van der Waals surface area contributed by atoms with Crippen LogP contribution < -0.4 is 14.9 Å². The predicted octanol–water partition coefficient (Wildman–Crippen LogP) is 4.48. The minimum Gasteiger partial charge on any atom is -0.507 e. The summed E-state index contributed by atoms with van der Waals surface area (Å²) >= 11 is 3.44. The highest BCUT2D eigenvalue weighted by Gasteiger charge is 2.12. The van der Waals surface area contributed by atoms with Gasteiger partial charge in [-0.25, -0.2) is 5.43 Å². The molecule has 144 valence electrons. The number of halogens is 1.